The SMILES string of the molecule is CCCCCC(O)(/C=C/I)CC. The fourth-order valence-corrected chi connectivity index (χ4v) is 1.85. The lowest BCUT2D eigenvalue weighted by Gasteiger charge is -2.22. The van der Waals surface area contributed by atoms with Gasteiger partial charge in [-0.15, -0.1) is 0 Å². The third kappa shape index (κ3) is 5.14. The second-order valence-corrected chi connectivity index (χ2v) is 3.93. The molecule has 1 unspecified atom stereocenters. The molecule has 1 nitrogen and oxygen atoms in total. The van der Waals surface area contributed by atoms with E-state index >= 15 is 0 Å². The third-order valence-corrected chi connectivity index (χ3v) is 2.56. The van der Waals surface area contributed by atoms with Crippen molar-refractivity contribution in [2.45, 2.75) is 51.6 Å². The average molecular weight is 282 g/mol. The maximum absolute atomic E-state index is 9.96. The van der Waals surface area contributed by atoms with E-state index in [4.69, 9.17) is 0 Å². The Morgan fingerprint density at radius 3 is 2.42 bits per heavy atom. The molecule has 1 N–H and O–H groups in total. The molecular formula is C10H19IO. The Labute approximate surface area is 89.4 Å². The van der Waals surface area contributed by atoms with E-state index in [2.05, 4.69) is 29.5 Å². The van der Waals surface area contributed by atoms with Gasteiger partial charge in [0.2, 0.25) is 0 Å². The topological polar surface area (TPSA) is 20.2 Å². The number of halogens is 1. The van der Waals surface area contributed by atoms with Crippen LogP contribution in [0.2, 0.25) is 0 Å². The van der Waals surface area contributed by atoms with Crippen LogP contribution >= 0.6 is 22.6 Å². The van der Waals surface area contributed by atoms with Crippen LogP contribution in [0, 0.1) is 0 Å². The summed E-state index contributed by atoms with van der Waals surface area (Å²) in [7, 11) is 0. The number of aliphatic hydroxyl groups is 1. The minimum Gasteiger partial charge on any atom is -0.386 e. The molecule has 0 rings (SSSR count). The van der Waals surface area contributed by atoms with Crippen LogP contribution in [0.1, 0.15) is 46.0 Å². The molecular weight excluding hydrogens is 263 g/mol. The van der Waals surface area contributed by atoms with Gasteiger partial charge in [0, 0.05) is 0 Å². The van der Waals surface area contributed by atoms with Crippen molar-refractivity contribution >= 4 is 22.6 Å². The molecule has 0 heterocycles. The van der Waals surface area contributed by atoms with Gasteiger partial charge in [0.25, 0.3) is 0 Å². The summed E-state index contributed by atoms with van der Waals surface area (Å²) in [6, 6.07) is 0. The van der Waals surface area contributed by atoms with E-state index in [1.165, 1.54) is 12.8 Å². The highest BCUT2D eigenvalue weighted by molar-refractivity contribution is 14.1. The molecule has 0 saturated heterocycles. The number of rotatable bonds is 6. The zero-order chi connectivity index (χ0) is 9.45. The van der Waals surface area contributed by atoms with Crippen LogP contribution in [0.15, 0.2) is 10.2 Å². The molecule has 0 aliphatic rings. The summed E-state index contributed by atoms with van der Waals surface area (Å²) in [5, 5.41) is 9.96. The molecule has 0 radical (unpaired) electrons. The van der Waals surface area contributed by atoms with Gasteiger partial charge in [-0.3, -0.25) is 0 Å². The van der Waals surface area contributed by atoms with Gasteiger partial charge in [-0.05, 0) is 23.0 Å². The third-order valence-electron chi connectivity index (χ3n) is 2.20. The van der Waals surface area contributed by atoms with Crippen LogP contribution in [0.3, 0.4) is 0 Å². The number of hydrogen-bond donors (Lipinski definition) is 1. The van der Waals surface area contributed by atoms with Crippen molar-refractivity contribution in [3.05, 3.63) is 10.2 Å². The maximum Gasteiger partial charge on any atom is 0.0832 e. The van der Waals surface area contributed by atoms with Crippen LogP contribution in [0.25, 0.3) is 0 Å². The molecule has 0 bridgehead atoms. The Balaban J connectivity index is 3.79. The van der Waals surface area contributed by atoms with E-state index < -0.39 is 5.60 Å². The zero-order valence-electron chi connectivity index (χ0n) is 8.02. The highest BCUT2D eigenvalue weighted by atomic mass is 127. The van der Waals surface area contributed by atoms with Crippen LogP contribution in [-0.4, -0.2) is 10.7 Å². The zero-order valence-corrected chi connectivity index (χ0v) is 10.2. The van der Waals surface area contributed by atoms with Crippen molar-refractivity contribution < 1.29 is 5.11 Å². The molecule has 0 spiro atoms. The van der Waals surface area contributed by atoms with Gasteiger partial charge in [-0.25, -0.2) is 0 Å². The molecule has 0 aromatic heterocycles. The van der Waals surface area contributed by atoms with E-state index in [1.54, 1.807) is 0 Å². The van der Waals surface area contributed by atoms with Crippen LogP contribution in [0.4, 0.5) is 0 Å². The smallest absolute Gasteiger partial charge is 0.0832 e. The predicted molar refractivity (Wildman–Crippen MR) is 62.5 cm³/mol. The van der Waals surface area contributed by atoms with E-state index in [-0.39, 0.29) is 0 Å². The number of unbranched alkanes of at least 4 members (excludes halogenated alkanes) is 2. The normalized spacial score (nSPS) is 16.7. The molecule has 0 aliphatic carbocycles. The van der Waals surface area contributed by atoms with Crippen LogP contribution in [0.5, 0.6) is 0 Å². The van der Waals surface area contributed by atoms with E-state index in [0.29, 0.717) is 0 Å². The van der Waals surface area contributed by atoms with Crippen molar-refractivity contribution in [3.8, 4) is 0 Å². The van der Waals surface area contributed by atoms with Crippen molar-refractivity contribution in [1.82, 2.24) is 0 Å². The fraction of sp³-hybridized carbons (Fsp3) is 0.800. The highest BCUT2D eigenvalue weighted by Gasteiger charge is 2.19. The standard InChI is InChI=1S/C10H19IO/c1-3-5-6-7-10(12,4-2)8-9-11/h8-9,12H,3-7H2,1-2H3/b9-8+. The Morgan fingerprint density at radius 2 is 2.00 bits per heavy atom. The molecule has 0 aromatic carbocycles. The lowest BCUT2D eigenvalue weighted by Crippen LogP contribution is -2.24. The first-order chi connectivity index (χ1) is 5.68. The van der Waals surface area contributed by atoms with Gasteiger partial charge in [0.1, 0.15) is 0 Å². The second-order valence-electron chi connectivity index (χ2n) is 3.21. The van der Waals surface area contributed by atoms with Crippen molar-refractivity contribution in [2.24, 2.45) is 0 Å². The summed E-state index contributed by atoms with van der Waals surface area (Å²) >= 11 is 2.16. The Kier molecular flexibility index (Phi) is 7.14. The minimum absolute atomic E-state index is 0.545. The summed E-state index contributed by atoms with van der Waals surface area (Å²) in [5.74, 6) is 0. The first-order valence-corrected chi connectivity index (χ1v) is 5.93. The molecule has 12 heavy (non-hydrogen) atoms. The molecule has 1 atom stereocenters. The van der Waals surface area contributed by atoms with Crippen molar-refractivity contribution in [3.63, 3.8) is 0 Å². The Bertz CT molecular complexity index is 134. The molecule has 0 fully saturated rings. The lowest BCUT2D eigenvalue weighted by atomic mass is 9.94. The first-order valence-electron chi connectivity index (χ1n) is 4.69. The molecule has 0 aliphatic heterocycles. The molecule has 72 valence electrons. The quantitative estimate of drug-likeness (QED) is 0.582. The van der Waals surface area contributed by atoms with Crippen molar-refractivity contribution in [2.75, 3.05) is 0 Å². The van der Waals surface area contributed by atoms with E-state index in [9.17, 15) is 5.11 Å². The van der Waals surface area contributed by atoms with Gasteiger partial charge in [-0.1, -0.05) is 55.7 Å². The largest absolute Gasteiger partial charge is 0.386 e. The van der Waals surface area contributed by atoms with Gasteiger partial charge >= 0.3 is 0 Å². The summed E-state index contributed by atoms with van der Waals surface area (Å²) in [4.78, 5) is 0. The van der Waals surface area contributed by atoms with Gasteiger partial charge < -0.3 is 5.11 Å². The monoisotopic (exact) mass is 282 g/mol. The number of hydrogen-bond acceptors (Lipinski definition) is 1. The van der Waals surface area contributed by atoms with E-state index in [1.807, 2.05) is 17.1 Å². The summed E-state index contributed by atoms with van der Waals surface area (Å²) in [6.45, 7) is 4.21. The molecule has 0 aromatic rings. The van der Waals surface area contributed by atoms with Gasteiger partial charge in [0.05, 0.1) is 5.60 Å². The molecule has 2 heteroatoms. The van der Waals surface area contributed by atoms with Gasteiger partial charge in [0.15, 0.2) is 0 Å². The fourth-order valence-electron chi connectivity index (χ4n) is 1.18. The predicted octanol–water partition coefficient (Wildman–Crippen LogP) is 3.66. The lowest BCUT2D eigenvalue weighted by molar-refractivity contribution is 0.0748. The van der Waals surface area contributed by atoms with E-state index in [0.717, 1.165) is 19.3 Å². The summed E-state index contributed by atoms with van der Waals surface area (Å²) in [6.07, 6.45) is 7.18. The summed E-state index contributed by atoms with van der Waals surface area (Å²) < 4.78 is 1.91. The first kappa shape index (κ1) is 12.4. The minimum atomic E-state index is -0.545. The second kappa shape index (κ2) is 6.89. The van der Waals surface area contributed by atoms with Gasteiger partial charge in [-0.2, -0.15) is 0 Å². The van der Waals surface area contributed by atoms with Crippen LogP contribution in [-0.2, 0) is 0 Å². The van der Waals surface area contributed by atoms with Crippen LogP contribution < -0.4 is 0 Å². The average Bonchev–Trinajstić information content (AvgIpc) is 2.06. The molecule has 0 amide bonds. The van der Waals surface area contributed by atoms with Crippen molar-refractivity contribution in [1.29, 1.82) is 0 Å². The Morgan fingerprint density at radius 1 is 1.33 bits per heavy atom. The highest BCUT2D eigenvalue weighted by Crippen LogP contribution is 2.21. The molecule has 0 saturated carbocycles. The Hall–Kier alpha value is 0.430. The summed E-state index contributed by atoms with van der Waals surface area (Å²) in [5.41, 5.74) is -0.545. The maximum atomic E-state index is 9.96.